The van der Waals surface area contributed by atoms with Crippen molar-refractivity contribution >= 4 is 22.6 Å². The summed E-state index contributed by atoms with van der Waals surface area (Å²) in [4.78, 5) is 25.7. The van der Waals surface area contributed by atoms with E-state index in [4.69, 9.17) is 0 Å². The fourth-order valence-electron chi connectivity index (χ4n) is 3.00. The number of nitrogens with zero attached hydrogens (tertiary/aromatic N) is 1. The van der Waals surface area contributed by atoms with E-state index in [-0.39, 0.29) is 5.91 Å². The Hall–Kier alpha value is -2.36. The van der Waals surface area contributed by atoms with Crippen LogP contribution in [0.2, 0.25) is 0 Å². The predicted octanol–water partition coefficient (Wildman–Crippen LogP) is 2.92. The summed E-state index contributed by atoms with van der Waals surface area (Å²) in [5.74, 6) is -1.10. The van der Waals surface area contributed by atoms with Crippen LogP contribution in [0.5, 0.6) is 0 Å². The van der Waals surface area contributed by atoms with Crippen LogP contribution in [-0.2, 0) is 4.79 Å². The van der Waals surface area contributed by atoms with Gasteiger partial charge in [0.15, 0.2) is 0 Å². The number of aliphatic carboxylic acids is 1. The van der Waals surface area contributed by atoms with E-state index < -0.39 is 12.0 Å². The zero-order valence-electron chi connectivity index (χ0n) is 11.7. The van der Waals surface area contributed by atoms with Crippen LogP contribution < -0.4 is 0 Å². The van der Waals surface area contributed by atoms with Crippen LogP contribution in [0.3, 0.4) is 0 Å². The number of hydrogen-bond acceptors (Lipinski definition) is 2. The zero-order valence-corrected chi connectivity index (χ0v) is 11.7. The number of amides is 1. The normalized spacial score (nSPS) is 18.7. The Balaban J connectivity index is 2.01. The van der Waals surface area contributed by atoms with Crippen LogP contribution in [0.15, 0.2) is 42.5 Å². The van der Waals surface area contributed by atoms with Gasteiger partial charge in [-0.3, -0.25) is 4.79 Å². The number of piperidine rings is 1. The van der Waals surface area contributed by atoms with Gasteiger partial charge in [0.1, 0.15) is 6.04 Å². The summed E-state index contributed by atoms with van der Waals surface area (Å²) in [5.41, 5.74) is 0.584. The largest absolute Gasteiger partial charge is 0.480 e. The average Bonchev–Trinajstić information content (AvgIpc) is 2.53. The Morgan fingerprint density at radius 3 is 2.62 bits per heavy atom. The number of carbonyl (C=O) groups is 2. The summed E-state index contributed by atoms with van der Waals surface area (Å²) in [5, 5.41) is 11.2. The summed E-state index contributed by atoms with van der Waals surface area (Å²) in [6, 6.07) is 12.6. The highest BCUT2D eigenvalue weighted by molar-refractivity contribution is 6.07. The Morgan fingerprint density at radius 2 is 1.81 bits per heavy atom. The summed E-state index contributed by atoms with van der Waals surface area (Å²) >= 11 is 0. The maximum Gasteiger partial charge on any atom is 0.326 e. The fourth-order valence-corrected chi connectivity index (χ4v) is 3.00. The van der Waals surface area contributed by atoms with Crippen molar-refractivity contribution in [2.45, 2.75) is 25.3 Å². The number of likely N-dealkylation sites (tertiary alicyclic amines) is 1. The van der Waals surface area contributed by atoms with Crippen LogP contribution >= 0.6 is 0 Å². The SMILES string of the molecule is O=C(O)C1CCCCN1C(=O)c1cccc2ccccc12. The third-order valence-electron chi connectivity index (χ3n) is 4.07. The van der Waals surface area contributed by atoms with Crippen LogP contribution in [0.25, 0.3) is 10.8 Å². The third kappa shape index (κ3) is 2.49. The van der Waals surface area contributed by atoms with E-state index in [1.54, 1.807) is 6.07 Å². The quantitative estimate of drug-likeness (QED) is 0.922. The minimum atomic E-state index is -0.914. The molecule has 21 heavy (non-hydrogen) atoms. The van der Waals surface area contributed by atoms with Gasteiger partial charge in [-0.15, -0.1) is 0 Å². The van der Waals surface area contributed by atoms with Gasteiger partial charge in [0.05, 0.1) is 0 Å². The summed E-state index contributed by atoms with van der Waals surface area (Å²) in [6.07, 6.45) is 2.25. The Kier molecular flexibility index (Phi) is 3.60. The van der Waals surface area contributed by atoms with E-state index in [0.29, 0.717) is 18.5 Å². The molecule has 1 heterocycles. The molecule has 1 fully saturated rings. The Morgan fingerprint density at radius 1 is 1.05 bits per heavy atom. The van der Waals surface area contributed by atoms with Crippen LogP contribution in [0, 0.1) is 0 Å². The monoisotopic (exact) mass is 283 g/mol. The van der Waals surface area contributed by atoms with E-state index in [1.165, 1.54) is 4.90 Å². The van der Waals surface area contributed by atoms with Crippen molar-refractivity contribution in [1.29, 1.82) is 0 Å². The molecule has 0 saturated carbocycles. The van der Waals surface area contributed by atoms with Gasteiger partial charge in [0.25, 0.3) is 5.91 Å². The molecule has 108 valence electrons. The van der Waals surface area contributed by atoms with Crippen molar-refractivity contribution in [3.05, 3.63) is 48.0 Å². The van der Waals surface area contributed by atoms with Crippen LogP contribution in [0.4, 0.5) is 0 Å². The highest BCUT2D eigenvalue weighted by Crippen LogP contribution is 2.24. The molecule has 1 amide bonds. The molecular weight excluding hydrogens is 266 g/mol. The molecule has 1 N–H and O–H groups in total. The van der Waals surface area contributed by atoms with Gasteiger partial charge in [-0.05, 0) is 36.1 Å². The molecule has 1 aliphatic heterocycles. The van der Waals surface area contributed by atoms with Crippen LogP contribution in [-0.4, -0.2) is 34.5 Å². The topological polar surface area (TPSA) is 57.6 Å². The number of carboxylic acid groups (broad SMARTS) is 1. The molecular formula is C17H17NO3. The summed E-state index contributed by atoms with van der Waals surface area (Å²) in [7, 11) is 0. The van der Waals surface area contributed by atoms with Crippen molar-refractivity contribution in [3.8, 4) is 0 Å². The molecule has 0 radical (unpaired) electrons. The number of carbonyl (C=O) groups excluding carboxylic acids is 1. The maximum atomic E-state index is 12.8. The van der Waals surface area contributed by atoms with Gasteiger partial charge in [0, 0.05) is 12.1 Å². The highest BCUT2D eigenvalue weighted by Gasteiger charge is 2.32. The molecule has 0 aromatic heterocycles. The first-order valence-electron chi connectivity index (χ1n) is 7.20. The van der Waals surface area contributed by atoms with Crippen molar-refractivity contribution in [3.63, 3.8) is 0 Å². The van der Waals surface area contributed by atoms with Gasteiger partial charge in [-0.2, -0.15) is 0 Å². The number of fused-ring (bicyclic) bond motifs is 1. The first kappa shape index (κ1) is 13.6. The second-order valence-electron chi connectivity index (χ2n) is 5.38. The van der Waals surface area contributed by atoms with Crippen molar-refractivity contribution < 1.29 is 14.7 Å². The van der Waals surface area contributed by atoms with Crippen LogP contribution in [0.1, 0.15) is 29.6 Å². The van der Waals surface area contributed by atoms with E-state index in [0.717, 1.165) is 23.6 Å². The molecule has 0 bridgehead atoms. The van der Waals surface area contributed by atoms with Gasteiger partial charge in [-0.25, -0.2) is 4.79 Å². The molecule has 1 atom stereocenters. The molecule has 0 spiro atoms. The molecule has 4 heteroatoms. The standard InChI is InChI=1S/C17H17NO3/c19-16(18-11-4-3-10-15(18)17(20)21)14-9-5-7-12-6-1-2-8-13(12)14/h1-2,5-9,15H,3-4,10-11H2,(H,20,21). The highest BCUT2D eigenvalue weighted by atomic mass is 16.4. The predicted molar refractivity (Wildman–Crippen MR) is 80.3 cm³/mol. The van der Waals surface area contributed by atoms with E-state index >= 15 is 0 Å². The van der Waals surface area contributed by atoms with E-state index in [1.807, 2.05) is 36.4 Å². The fraction of sp³-hybridized carbons (Fsp3) is 0.294. The van der Waals surface area contributed by atoms with Gasteiger partial charge in [-0.1, -0.05) is 36.4 Å². The minimum Gasteiger partial charge on any atom is -0.480 e. The van der Waals surface area contributed by atoms with Gasteiger partial charge < -0.3 is 10.0 Å². The second-order valence-corrected chi connectivity index (χ2v) is 5.38. The number of hydrogen-bond donors (Lipinski definition) is 1. The second kappa shape index (κ2) is 5.56. The molecule has 4 nitrogen and oxygen atoms in total. The number of carboxylic acids is 1. The molecule has 1 saturated heterocycles. The molecule has 0 aliphatic carbocycles. The molecule has 2 aromatic rings. The Bertz CT molecular complexity index is 690. The molecule has 1 unspecified atom stereocenters. The lowest BCUT2D eigenvalue weighted by Gasteiger charge is -2.33. The first-order valence-corrected chi connectivity index (χ1v) is 7.20. The first-order chi connectivity index (χ1) is 10.2. The van der Waals surface area contributed by atoms with Crippen molar-refractivity contribution in [2.24, 2.45) is 0 Å². The van der Waals surface area contributed by atoms with Crippen molar-refractivity contribution in [1.82, 2.24) is 4.90 Å². The molecule has 2 aromatic carbocycles. The number of benzene rings is 2. The maximum absolute atomic E-state index is 12.8. The van der Waals surface area contributed by atoms with Gasteiger partial charge in [0.2, 0.25) is 0 Å². The third-order valence-corrected chi connectivity index (χ3v) is 4.07. The average molecular weight is 283 g/mol. The number of rotatable bonds is 2. The molecule has 1 aliphatic rings. The Labute approximate surface area is 123 Å². The lowest BCUT2D eigenvalue weighted by Crippen LogP contribution is -2.48. The zero-order chi connectivity index (χ0) is 14.8. The summed E-state index contributed by atoms with van der Waals surface area (Å²) in [6.45, 7) is 0.513. The minimum absolute atomic E-state index is 0.182. The van der Waals surface area contributed by atoms with Crippen molar-refractivity contribution in [2.75, 3.05) is 6.54 Å². The lowest BCUT2D eigenvalue weighted by molar-refractivity contribution is -0.143. The van der Waals surface area contributed by atoms with Gasteiger partial charge >= 0.3 is 5.97 Å². The summed E-state index contributed by atoms with van der Waals surface area (Å²) < 4.78 is 0. The molecule has 3 rings (SSSR count). The van der Waals surface area contributed by atoms with E-state index in [9.17, 15) is 14.7 Å². The smallest absolute Gasteiger partial charge is 0.326 e. The van der Waals surface area contributed by atoms with E-state index in [2.05, 4.69) is 0 Å². The lowest BCUT2D eigenvalue weighted by atomic mass is 9.98.